The van der Waals surface area contributed by atoms with Crippen LogP contribution in [0.4, 0.5) is 0 Å². The molecule has 0 unspecified atom stereocenters. The van der Waals surface area contributed by atoms with Crippen LogP contribution >= 0.6 is 11.6 Å². The number of hydrogen-bond donors (Lipinski definition) is 1. The summed E-state index contributed by atoms with van der Waals surface area (Å²) < 4.78 is 8.11. The number of carbonyl (C=O) groups excluding carboxylic acids is 1. The predicted molar refractivity (Wildman–Crippen MR) is 110 cm³/mol. The fraction of sp³-hybridized carbons (Fsp3) is 0.250. The molecule has 1 atom stereocenters. The molecule has 0 spiro atoms. The SMILES string of the molecule is COC(=O)[C@@H](O)c1c(C)nc2c(nnn2Cc2cnn(C)c2)c1-c1ccc(Cl)cc1. The van der Waals surface area contributed by atoms with Gasteiger partial charge in [-0.2, -0.15) is 5.10 Å². The zero-order valence-electron chi connectivity index (χ0n) is 16.6. The highest BCUT2D eigenvalue weighted by Crippen LogP contribution is 2.36. The number of aliphatic hydroxyl groups excluding tert-OH is 1. The van der Waals surface area contributed by atoms with E-state index in [1.807, 2.05) is 13.2 Å². The second-order valence-corrected chi connectivity index (χ2v) is 7.30. The summed E-state index contributed by atoms with van der Waals surface area (Å²) in [7, 11) is 3.06. The molecule has 9 nitrogen and oxygen atoms in total. The van der Waals surface area contributed by atoms with E-state index in [1.54, 1.807) is 46.7 Å². The van der Waals surface area contributed by atoms with Gasteiger partial charge in [0.2, 0.25) is 0 Å². The third-order valence-corrected chi connectivity index (χ3v) is 5.05. The van der Waals surface area contributed by atoms with Crippen LogP contribution in [0.15, 0.2) is 36.7 Å². The summed E-state index contributed by atoms with van der Waals surface area (Å²) in [4.78, 5) is 16.7. The third-order valence-electron chi connectivity index (χ3n) is 4.80. The molecule has 1 N–H and O–H groups in total. The maximum atomic E-state index is 12.1. The highest BCUT2D eigenvalue weighted by molar-refractivity contribution is 6.30. The number of methoxy groups -OCH3 is 1. The lowest BCUT2D eigenvalue weighted by molar-refractivity contribution is -0.150. The van der Waals surface area contributed by atoms with Gasteiger partial charge in [0.1, 0.15) is 5.52 Å². The fourth-order valence-corrected chi connectivity index (χ4v) is 3.54. The molecule has 0 saturated carbocycles. The van der Waals surface area contributed by atoms with Gasteiger partial charge in [-0.15, -0.1) is 5.10 Å². The Morgan fingerprint density at radius 1 is 1.30 bits per heavy atom. The second-order valence-electron chi connectivity index (χ2n) is 6.86. The number of pyridine rings is 1. The lowest BCUT2D eigenvalue weighted by Crippen LogP contribution is -2.17. The monoisotopic (exact) mass is 426 g/mol. The van der Waals surface area contributed by atoms with E-state index in [0.29, 0.717) is 39.6 Å². The highest BCUT2D eigenvalue weighted by Gasteiger charge is 2.28. The number of aryl methyl sites for hydroxylation is 2. The number of halogens is 1. The average molecular weight is 427 g/mol. The first kappa shape index (κ1) is 20.0. The summed E-state index contributed by atoms with van der Waals surface area (Å²) in [6.07, 6.45) is 2.12. The van der Waals surface area contributed by atoms with Gasteiger partial charge in [0.25, 0.3) is 0 Å². The molecule has 0 aliphatic rings. The largest absolute Gasteiger partial charge is 0.467 e. The maximum absolute atomic E-state index is 12.1. The molecular weight excluding hydrogens is 408 g/mol. The Bertz CT molecular complexity index is 1230. The van der Waals surface area contributed by atoms with Crippen LogP contribution in [0.2, 0.25) is 5.02 Å². The summed E-state index contributed by atoms with van der Waals surface area (Å²) in [6.45, 7) is 2.15. The van der Waals surface area contributed by atoms with Crippen molar-refractivity contribution in [3.8, 4) is 11.1 Å². The van der Waals surface area contributed by atoms with Crippen molar-refractivity contribution in [3.63, 3.8) is 0 Å². The summed E-state index contributed by atoms with van der Waals surface area (Å²) in [5, 5.41) is 24.0. The molecule has 1 aromatic carbocycles. The molecule has 30 heavy (non-hydrogen) atoms. The van der Waals surface area contributed by atoms with Crippen LogP contribution < -0.4 is 0 Å². The van der Waals surface area contributed by atoms with Crippen LogP contribution in [0.25, 0.3) is 22.3 Å². The smallest absolute Gasteiger partial charge is 0.339 e. The van der Waals surface area contributed by atoms with Crippen LogP contribution in [0, 0.1) is 6.92 Å². The number of hydrogen-bond acceptors (Lipinski definition) is 7. The van der Waals surface area contributed by atoms with Gasteiger partial charge in [0.05, 0.1) is 19.9 Å². The first-order chi connectivity index (χ1) is 14.4. The first-order valence-electron chi connectivity index (χ1n) is 9.12. The molecule has 0 bridgehead atoms. The number of aromatic nitrogens is 6. The number of benzene rings is 1. The Labute approximate surface area is 176 Å². The van der Waals surface area contributed by atoms with E-state index in [0.717, 1.165) is 11.1 Å². The van der Waals surface area contributed by atoms with E-state index in [-0.39, 0.29) is 0 Å². The summed E-state index contributed by atoms with van der Waals surface area (Å²) in [5.74, 6) is -0.780. The highest BCUT2D eigenvalue weighted by atomic mass is 35.5. The molecule has 3 heterocycles. The van der Waals surface area contributed by atoms with Gasteiger partial charge >= 0.3 is 5.97 Å². The predicted octanol–water partition coefficient (Wildman–Crippen LogP) is 2.44. The third kappa shape index (κ3) is 3.53. The quantitative estimate of drug-likeness (QED) is 0.488. The molecule has 0 radical (unpaired) electrons. The minimum absolute atomic E-state index is 0.324. The Balaban J connectivity index is 1.94. The zero-order chi connectivity index (χ0) is 21.4. The van der Waals surface area contributed by atoms with Crippen molar-refractivity contribution in [3.05, 3.63) is 58.5 Å². The lowest BCUT2D eigenvalue weighted by atomic mass is 9.94. The van der Waals surface area contributed by atoms with E-state index < -0.39 is 12.1 Å². The molecule has 0 aliphatic heterocycles. The lowest BCUT2D eigenvalue weighted by Gasteiger charge is -2.17. The Morgan fingerprint density at radius 3 is 2.67 bits per heavy atom. The van der Waals surface area contributed by atoms with Gasteiger partial charge in [-0.25, -0.2) is 14.5 Å². The van der Waals surface area contributed by atoms with Crippen molar-refractivity contribution in [2.45, 2.75) is 19.6 Å². The van der Waals surface area contributed by atoms with Gasteiger partial charge < -0.3 is 9.84 Å². The number of nitrogens with zero attached hydrogens (tertiary/aromatic N) is 6. The molecule has 0 aliphatic carbocycles. The number of aliphatic hydroxyl groups is 1. The Hall–Kier alpha value is -3.30. The molecule has 154 valence electrons. The van der Waals surface area contributed by atoms with Crippen LogP contribution in [-0.2, 0) is 23.1 Å². The van der Waals surface area contributed by atoms with E-state index in [1.165, 1.54) is 7.11 Å². The van der Waals surface area contributed by atoms with Crippen molar-refractivity contribution in [2.75, 3.05) is 7.11 Å². The number of ether oxygens (including phenoxy) is 1. The normalized spacial score (nSPS) is 12.3. The Morgan fingerprint density at radius 2 is 2.03 bits per heavy atom. The van der Waals surface area contributed by atoms with E-state index in [4.69, 9.17) is 16.3 Å². The van der Waals surface area contributed by atoms with Gasteiger partial charge in [0, 0.05) is 40.7 Å². The topological polar surface area (TPSA) is 108 Å². The first-order valence-corrected chi connectivity index (χ1v) is 9.50. The average Bonchev–Trinajstić information content (AvgIpc) is 3.32. The summed E-state index contributed by atoms with van der Waals surface area (Å²) in [6, 6.07) is 7.05. The van der Waals surface area contributed by atoms with Crippen molar-refractivity contribution in [2.24, 2.45) is 7.05 Å². The summed E-state index contributed by atoms with van der Waals surface area (Å²) in [5.41, 5.74) is 4.01. The molecule has 0 saturated heterocycles. The van der Waals surface area contributed by atoms with Gasteiger partial charge in [-0.1, -0.05) is 28.9 Å². The number of fused-ring (bicyclic) bond motifs is 1. The molecule has 0 fully saturated rings. The van der Waals surface area contributed by atoms with Crippen molar-refractivity contribution < 1.29 is 14.6 Å². The van der Waals surface area contributed by atoms with Crippen molar-refractivity contribution >= 4 is 28.7 Å². The van der Waals surface area contributed by atoms with E-state index in [2.05, 4.69) is 20.4 Å². The Kier molecular flexibility index (Phi) is 5.23. The van der Waals surface area contributed by atoms with Gasteiger partial charge in [0.15, 0.2) is 11.8 Å². The zero-order valence-corrected chi connectivity index (χ0v) is 17.3. The molecular formula is C20H19ClN6O3. The standard InChI is InChI=1S/C20H19ClN6O3/c1-11-15(18(28)20(29)30-3)16(13-4-6-14(21)7-5-13)17-19(23-11)27(25-24-17)10-12-8-22-26(2)9-12/h4-9,18,28H,10H2,1-3H3/t18-/m0/s1. The van der Waals surface area contributed by atoms with E-state index >= 15 is 0 Å². The van der Waals surface area contributed by atoms with Crippen LogP contribution in [0.1, 0.15) is 22.9 Å². The number of carbonyl (C=O) groups is 1. The molecule has 4 rings (SSSR count). The molecule has 0 amide bonds. The summed E-state index contributed by atoms with van der Waals surface area (Å²) >= 11 is 6.04. The maximum Gasteiger partial charge on any atom is 0.339 e. The fourth-order valence-electron chi connectivity index (χ4n) is 3.41. The van der Waals surface area contributed by atoms with Crippen molar-refractivity contribution in [1.29, 1.82) is 0 Å². The molecule has 4 aromatic rings. The minimum Gasteiger partial charge on any atom is -0.467 e. The van der Waals surface area contributed by atoms with Crippen LogP contribution in [-0.4, -0.2) is 47.9 Å². The van der Waals surface area contributed by atoms with Crippen LogP contribution in [0.3, 0.4) is 0 Å². The van der Waals surface area contributed by atoms with E-state index in [9.17, 15) is 9.90 Å². The minimum atomic E-state index is -1.51. The van der Waals surface area contributed by atoms with Crippen LogP contribution in [0.5, 0.6) is 0 Å². The number of rotatable bonds is 5. The van der Waals surface area contributed by atoms with Gasteiger partial charge in [-0.3, -0.25) is 4.68 Å². The van der Waals surface area contributed by atoms with Crippen molar-refractivity contribution in [1.82, 2.24) is 29.8 Å². The van der Waals surface area contributed by atoms with Gasteiger partial charge in [-0.05, 0) is 24.6 Å². The molecule has 10 heteroatoms. The number of esters is 1. The molecule has 3 aromatic heterocycles. The second kappa shape index (κ2) is 7.85.